The van der Waals surface area contributed by atoms with Gasteiger partial charge in [0.2, 0.25) is 0 Å². The smallest absolute Gasteiger partial charge is 0.269 e. The third-order valence-corrected chi connectivity index (χ3v) is 8.31. The zero-order chi connectivity index (χ0) is 27.4. The molecule has 0 aliphatic heterocycles. The van der Waals surface area contributed by atoms with E-state index < -0.39 is 4.92 Å². The highest BCUT2D eigenvalue weighted by atomic mass is 79.9. The second-order valence-corrected chi connectivity index (χ2v) is 11.4. The summed E-state index contributed by atoms with van der Waals surface area (Å²) in [4.78, 5) is 29.9. The lowest BCUT2D eigenvalue weighted by Gasteiger charge is -2.13. The highest BCUT2D eigenvalue weighted by Crippen LogP contribution is 2.41. The number of halogens is 2. The van der Waals surface area contributed by atoms with Gasteiger partial charge in [0.15, 0.2) is 0 Å². The number of nitro groups is 1. The lowest BCUT2D eigenvalue weighted by molar-refractivity contribution is -0.384. The Hall–Kier alpha value is -3.53. The highest BCUT2D eigenvalue weighted by Gasteiger charge is 2.25. The molecule has 0 bridgehead atoms. The van der Waals surface area contributed by atoms with E-state index in [0.29, 0.717) is 31.4 Å². The number of non-ortho nitro benzene ring substituents is 1. The lowest BCUT2D eigenvalue weighted by atomic mass is 9.95. The van der Waals surface area contributed by atoms with E-state index in [-0.39, 0.29) is 18.2 Å². The Labute approximate surface area is 242 Å². The largest absolute Gasteiger partial charge is 0.487 e. The summed E-state index contributed by atoms with van der Waals surface area (Å²) in [5.74, 6) is 0.354. The van der Waals surface area contributed by atoms with Gasteiger partial charge in [-0.05, 0) is 89.1 Å². The summed E-state index contributed by atoms with van der Waals surface area (Å²) in [5, 5.41) is 15.1. The Bertz CT molecular complexity index is 1560. The van der Waals surface area contributed by atoms with E-state index in [1.807, 2.05) is 30.3 Å². The van der Waals surface area contributed by atoms with Crippen molar-refractivity contribution in [1.29, 1.82) is 0 Å². The Morgan fingerprint density at radius 1 is 1.13 bits per heavy atom. The average Bonchev–Trinajstić information content (AvgIpc) is 3.30. The second kappa shape index (κ2) is 12.1. The Balaban J connectivity index is 1.44. The predicted octanol–water partition coefficient (Wildman–Crippen LogP) is 8.53. The van der Waals surface area contributed by atoms with Crippen LogP contribution in [0.25, 0.3) is 0 Å². The number of ether oxygens (including phenoxy) is 1. The van der Waals surface area contributed by atoms with Gasteiger partial charge in [-0.3, -0.25) is 14.9 Å². The lowest BCUT2D eigenvalue weighted by Crippen LogP contribution is -2.14. The first-order valence-electron chi connectivity index (χ1n) is 12.3. The van der Waals surface area contributed by atoms with E-state index in [4.69, 9.17) is 21.3 Å². The molecule has 1 amide bonds. The number of benzene rings is 3. The summed E-state index contributed by atoms with van der Waals surface area (Å²) in [7, 11) is 0. The molecular formula is C29H23BrClN3O4S. The van der Waals surface area contributed by atoms with Gasteiger partial charge < -0.3 is 10.1 Å². The van der Waals surface area contributed by atoms with Crippen molar-refractivity contribution in [3.63, 3.8) is 0 Å². The van der Waals surface area contributed by atoms with Crippen LogP contribution >= 0.6 is 38.9 Å². The topological polar surface area (TPSA) is 93.8 Å². The maximum Gasteiger partial charge on any atom is 0.269 e. The van der Waals surface area contributed by atoms with Gasteiger partial charge in [-0.15, -0.1) is 11.3 Å². The number of fused-ring (bicyclic) bond motifs is 1. The number of amides is 1. The molecule has 7 nitrogen and oxygen atoms in total. The maximum atomic E-state index is 13.4. The summed E-state index contributed by atoms with van der Waals surface area (Å²) in [6, 6.07) is 19.1. The maximum absolute atomic E-state index is 13.4. The standard InChI is InChI=1S/C29H23BrClN3O4S/c30-24-15-20(31)14-19(27(24)38-17-18-10-12-22(13-11-18)34(36)37)16-32-29-26(23-8-4-5-9-25(23)39-29)28(35)33-21-6-2-1-3-7-21/h1-3,6-7,10-16H,4-5,8-9,17H2,(H,33,35). The number of para-hydroxylation sites is 1. The number of nitro benzene ring substituents is 1. The summed E-state index contributed by atoms with van der Waals surface area (Å²) in [6.45, 7) is 0.192. The van der Waals surface area contributed by atoms with Crippen LogP contribution in [0, 0.1) is 10.1 Å². The fourth-order valence-corrected chi connectivity index (χ4v) is 6.60. The molecule has 39 heavy (non-hydrogen) atoms. The van der Waals surface area contributed by atoms with Crippen LogP contribution in [0.2, 0.25) is 5.02 Å². The van der Waals surface area contributed by atoms with Gasteiger partial charge in [-0.2, -0.15) is 0 Å². The molecule has 5 rings (SSSR count). The number of nitrogens with zero attached hydrogens (tertiary/aromatic N) is 2. The third kappa shape index (κ3) is 6.38. The molecule has 0 saturated carbocycles. The molecule has 1 aliphatic carbocycles. The number of thiophene rings is 1. The van der Waals surface area contributed by atoms with Gasteiger partial charge in [-0.25, -0.2) is 4.99 Å². The molecule has 4 aromatic rings. The monoisotopic (exact) mass is 623 g/mol. The van der Waals surface area contributed by atoms with E-state index in [9.17, 15) is 14.9 Å². The van der Waals surface area contributed by atoms with Gasteiger partial charge in [0.05, 0.1) is 15.0 Å². The summed E-state index contributed by atoms with van der Waals surface area (Å²) < 4.78 is 6.74. The van der Waals surface area contributed by atoms with E-state index >= 15 is 0 Å². The molecular weight excluding hydrogens is 602 g/mol. The van der Waals surface area contributed by atoms with Crippen LogP contribution in [-0.2, 0) is 19.4 Å². The van der Waals surface area contributed by atoms with Crippen LogP contribution in [-0.4, -0.2) is 17.0 Å². The molecule has 10 heteroatoms. The number of anilines is 1. The molecule has 1 aromatic heterocycles. The molecule has 3 aromatic carbocycles. The Morgan fingerprint density at radius 2 is 1.87 bits per heavy atom. The fourth-order valence-electron chi connectivity index (χ4n) is 4.42. The summed E-state index contributed by atoms with van der Waals surface area (Å²) in [5.41, 5.74) is 3.85. The zero-order valence-corrected chi connectivity index (χ0v) is 23.8. The number of aryl methyl sites for hydroxylation is 1. The van der Waals surface area contributed by atoms with E-state index in [1.54, 1.807) is 41.8 Å². The van der Waals surface area contributed by atoms with Crippen molar-refractivity contribution < 1.29 is 14.5 Å². The van der Waals surface area contributed by atoms with Gasteiger partial charge in [0.1, 0.15) is 17.4 Å². The Kier molecular flexibility index (Phi) is 8.40. The van der Waals surface area contributed by atoms with Gasteiger partial charge >= 0.3 is 0 Å². The van der Waals surface area contributed by atoms with Gasteiger partial charge in [-0.1, -0.05) is 29.8 Å². The molecule has 0 saturated heterocycles. The first-order valence-corrected chi connectivity index (χ1v) is 14.3. The number of hydrogen-bond donors (Lipinski definition) is 1. The zero-order valence-electron chi connectivity index (χ0n) is 20.7. The number of carbonyl (C=O) groups excluding carboxylic acids is 1. The van der Waals surface area contributed by atoms with Crippen molar-refractivity contribution in [1.82, 2.24) is 0 Å². The minimum Gasteiger partial charge on any atom is -0.487 e. The molecule has 198 valence electrons. The van der Waals surface area contributed by atoms with Crippen LogP contribution in [0.3, 0.4) is 0 Å². The molecule has 0 radical (unpaired) electrons. The molecule has 1 N–H and O–H groups in total. The fraction of sp³-hybridized carbons (Fsp3) is 0.172. The third-order valence-electron chi connectivity index (χ3n) is 6.30. The second-order valence-electron chi connectivity index (χ2n) is 8.99. The van der Waals surface area contributed by atoms with Gasteiger partial charge in [0.25, 0.3) is 11.6 Å². The normalized spacial score (nSPS) is 12.8. The van der Waals surface area contributed by atoms with E-state index in [2.05, 4.69) is 21.2 Å². The SMILES string of the molecule is O=C(Nc1ccccc1)c1c(N=Cc2cc(Cl)cc(Br)c2OCc2ccc([N+](=O)[O-])cc2)sc2c1CCCC2. The number of nitrogens with one attached hydrogen (secondary N) is 1. The van der Waals surface area contributed by atoms with E-state index in [0.717, 1.165) is 42.5 Å². The molecule has 0 atom stereocenters. The first-order chi connectivity index (χ1) is 18.9. The molecule has 0 spiro atoms. The van der Waals surface area contributed by atoms with Crippen LogP contribution in [0.5, 0.6) is 5.75 Å². The highest BCUT2D eigenvalue weighted by molar-refractivity contribution is 9.10. The summed E-state index contributed by atoms with van der Waals surface area (Å²) in [6.07, 6.45) is 5.59. The van der Waals surface area contributed by atoms with Crippen molar-refractivity contribution >= 4 is 67.4 Å². The molecule has 0 unspecified atom stereocenters. The number of carbonyl (C=O) groups is 1. The van der Waals surface area contributed by atoms with E-state index in [1.165, 1.54) is 17.0 Å². The molecule has 1 heterocycles. The quantitative estimate of drug-likeness (QED) is 0.121. The number of rotatable bonds is 8. The summed E-state index contributed by atoms with van der Waals surface area (Å²) >= 11 is 11.4. The van der Waals surface area contributed by atoms with Crippen molar-refractivity contribution in [3.05, 3.63) is 113 Å². The van der Waals surface area contributed by atoms with Crippen LogP contribution in [0.4, 0.5) is 16.4 Å². The number of aliphatic imine (C=N–C) groups is 1. The van der Waals surface area contributed by atoms with Crippen molar-refractivity contribution in [2.45, 2.75) is 32.3 Å². The average molecular weight is 625 g/mol. The van der Waals surface area contributed by atoms with Crippen molar-refractivity contribution in [2.75, 3.05) is 5.32 Å². The van der Waals surface area contributed by atoms with Crippen LogP contribution in [0.15, 0.2) is 76.2 Å². The predicted molar refractivity (Wildman–Crippen MR) is 159 cm³/mol. The molecule has 1 aliphatic rings. The first kappa shape index (κ1) is 27.1. The van der Waals surface area contributed by atoms with Crippen LogP contribution in [0.1, 0.15) is 44.8 Å². The minimum absolute atomic E-state index is 0.0185. The van der Waals surface area contributed by atoms with Crippen molar-refractivity contribution in [2.24, 2.45) is 4.99 Å². The van der Waals surface area contributed by atoms with Gasteiger partial charge in [0, 0.05) is 39.5 Å². The minimum atomic E-state index is -0.439. The number of hydrogen-bond acceptors (Lipinski definition) is 6. The van der Waals surface area contributed by atoms with Crippen molar-refractivity contribution in [3.8, 4) is 5.75 Å². The van der Waals surface area contributed by atoms with Crippen LogP contribution < -0.4 is 10.1 Å². The molecule has 0 fully saturated rings. The Morgan fingerprint density at radius 3 is 2.62 bits per heavy atom.